The molecule has 17 heavy (non-hydrogen) atoms. The van der Waals surface area contributed by atoms with E-state index in [-0.39, 0.29) is 0 Å². The Hall–Kier alpha value is -0.380. The second-order valence-electron chi connectivity index (χ2n) is 5.03. The summed E-state index contributed by atoms with van der Waals surface area (Å²) in [6.07, 6.45) is 5.19. The second-order valence-corrected chi connectivity index (χ2v) is 5.81. The molecule has 3 heteroatoms. The van der Waals surface area contributed by atoms with Gasteiger partial charge in [-0.25, -0.2) is 0 Å². The van der Waals surface area contributed by atoms with Crippen LogP contribution in [0.2, 0.25) is 0 Å². The van der Waals surface area contributed by atoms with Gasteiger partial charge < -0.3 is 5.73 Å². The number of rotatable bonds is 4. The Morgan fingerprint density at radius 3 is 3.00 bits per heavy atom. The number of likely N-dealkylation sites (tertiary alicyclic amines) is 1. The van der Waals surface area contributed by atoms with Crippen LogP contribution < -0.4 is 5.73 Å². The van der Waals surface area contributed by atoms with Crippen molar-refractivity contribution in [3.63, 3.8) is 0 Å². The fourth-order valence-corrected chi connectivity index (χ4v) is 3.72. The van der Waals surface area contributed by atoms with Gasteiger partial charge in [-0.15, -0.1) is 0 Å². The van der Waals surface area contributed by atoms with E-state index in [0.717, 1.165) is 6.54 Å². The van der Waals surface area contributed by atoms with Gasteiger partial charge >= 0.3 is 0 Å². The lowest BCUT2D eigenvalue weighted by Gasteiger charge is -2.34. The molecule has 1 aromatic heterocycles. The van der Waals surface area contributed by atoms with Crippen molar-refractivity contribution in [1.29, 1.82) is 0 Å². The van der Waals surface area contributed by atoms with E-state index in [1.807, 2.05) is 0 Å². The molecule has 0 amide bonds. The summed E-state index contributed by atoms with van der Waals surface area (Å²) in [4.78, 5) is 2.66. The minimum atomic E-state index is 0.564. The standard InChI is InChI=1S/C14H24N2S/c1-2-7-16-8-4-3-5-12(10-15)14(16)13-6-9-17-11-13/h6,9,11-12,14H,2-5,7-8,10,15H2,1H3. The van der Waals surface area contributed by atoms with Gasteiger partial charge in [0.2, 0.25) is 0 Å². The first-order valence-corrected chi connectivity index (χ1v) is 7.77. The average molecular weight is 252 g/mol. The second kappa shape index (κ2) is 6.53. The predicted octanol–water partition coefficient (Wildman–Crippen LogP) is 3.26. The van der Waals surface area contributed by atoms with Gasteiger partial charge in [0.05, 0.1) is 0 Å². The zero-order valence-electron chi connectivity index (χ0n) is 10.8. The summed E-state index contributed by atoms with van der Waals surface area (Å²) in [5, 5.41) is 4.50. The minimum absolute atomic E-state index is 0.564. The lowest BCUT2D eigenvalue weighted by molar-refractivity contribution is 0.159. The maximum absolute atomic E-state index is 6.00. The van der Waals surface area contributed by atoms with Crippen LogP contribution in [0.1, 0.15) is 44.2 Å². The molecule has 0 aromatic carbocycles. The summed E-state index contributed by atoms with van der Waals surface area (Å²) < 4.78 is 0. The zero-order valence-corrected chi connectivity index (χ0v) is 11.6. The highest BCUT2D eigenvalue weighted by Crippen LogP contribution is 2.35. The van der Waals surface area contributed by atoms with Crippen molar-refractivity contribution in [2.75, 3.05) is 19.6 Å². The van der Waals surface area contributed by atoms with Crippen LogP contribution in [0.4, 0.5) is 0 Å². The van der Waals surface area contributed by atoms with Crippen molar-refractivity contribution in [3.05, 3.63) is 22.4 Å². The molecule has 1 aliphatic rings. The molecule has 2 unspecified atom stereocenters. The quantitative estimate of drug-likeness (QED) is 0.891. The van der Waals surface area contributed by atoms with Gasteiger partial charge in [0.15, 0.2) is 0 Å². The van der Waals surface area contributed by atoms with E-state index in [1.165, 1.54) is 44.3 Å². The van der Waals surface area contributed by atoms with Crippen LogP contribution in [0.15, 0.2) is 16.8 Å². The number of nitrogens with two attached hydrogens (primary N) is 1. The minimum Gasteiger partial charge on any atom is -0.330 e. The van der Waals surface area contributed by atoms with Gasteiger partial charge in [-0.2, -0.15) is 11.3 Å². The SMILES string of the molecule is CCCN1CCCCC(CN)C1c1ccsc1. The summed E-state index contributed by atoms with van der Waals surface area (Å²) in [7, 11) is 0. The topological polar surface area (TPSA) is 29.3 Å². The first-order valence-electron chi connectivity index (χ1n) is 6.83. The average Bonchev–Trinajstić information content (AvgIpc) is 2.78. The van der Waals surface area contributed by atoms with Crippen molar-refractivity contribution in [2.24, 2.45) is 11.7 Å². The van der Waals surface area contributed by atoms with Gasteiger partial charge in [-0.05, 0) is 67.2 Å². The number of hydrogen-bond donors (Lipinski definition) is 1. The third-order valence-corrected chi connectivity index (χ3v) is 4.51. The molecule has 0 saturated carbocycles. The van der Waals surface area contributed by atoms with Gasteiger partial charge in [0.1, 0.15) is 0 Å². The van der Waals surface area contributed by atoms with E-state index in [1.54, 1.807) is 11.3 Å². The number of hydrogen-bond acceptors (Lipinski definition) is 3. The number of nitrogens with zero attached hydrogens (tertiary/aromatic N) is 1. The summed E-state index contributed by atoms with van der Waals surface area (Å²) in [5.41, 5.74) is 7.49. The largest absolute Gasteiger partial charge is 0.330 e. The maximum atomic E-state index is 6.00. The third kappa shape index (κ3) is 3.09. The van der Waals surface area contributed by atoms with Crippen molar-refractivity contribution < 1.29 is 0 Å². The first-order chi connectivity index (χ1) is 8.36. The molecule has 2 nitrogen and oxygen atoms in total. The van der Waals surface area contributed by atoms with E-state index in [2.05, 4.69) is 28.7 Å². The molecule has 1 fully saturated rings. The van der Waals surface area contributed by atoms with Crippen molar-refractivity contribution in [3.8, 4) is 0 Å². The fourth-order valence-electron chi connectivity index (χ4n) is 3.03. The molecule has 2 heterocycles. The Bertz CT molecular complexity index is 310. The highest BCUT2D eigenvalue weighted by Gasteiger charge is 2.29. The molecule has 0 bridgehead atoms. The summed E-state index contributed by atoms with van der Waals surface area (Å²) >= 11 is 1.81. The predicted molar refractivity (Wildman–Crippen MR) is 75.3 cm³/mol. The Kier molecular flexibility index (Phi) is 5.01. The monoisotopic (exact) mass is 252 g/mol. The lowest BCUT2D eigenvalue weighted by atomic mass is 9.90. The zero-order chi connectivity index (χ0) is 12.1. The third-order valence-electron chi connectivity index (χ3n) is 3.81. The van der Waals surface area contributed by atoms with E-state index in [0.29, 0.717) is 12.0 Å². The van der Waals surface area contributed by atoms with Crippen LogP contribution in [0.25, 0.3) is 0 Å². The Morgan fingerprint density at radius 1 is 1.47 bits per heavy atom. The van der Waals surface area contributed by atoms with Gasteiger partial charge in [0, 0.05) is 6.04 Å². The van der Waals surface area contributed by atoms with Crippen LogP contribution >= 0.6 is 11.3 Å². The Labute approximate surface area is 109 Å². The molecule has 2 atom stereocenters. The molecule has 1 aromatic rings. The molecular formula is C14H24N2S. The van der Waals surface area contributed by atoms with Gasteiger partial charge in [-0.3, -0.25) is 4.90 Å². The van der Waals surface area contributed by atoms with E-state index in [9.17, 15) is 0 Å². The van der Waals surface area contributed by atoms with Gasteiger partial charge in [-0.1, -0.05) is 13.3 Å². The Balaban J connectivity index is 2.22. The van der Waals surface area contributed by atoms with Crippen LogP contribution in [0, 0.1) is 5.92 Å². The molecule has 2 N–H and O–H groups in total. The molecule has 0 spiro atoms. The molecule has 0 aliphatic carbocycles. The highest BCUT2D eigenvalue weighted by atomic mass is 32.1. The molecule has 2 rings (SSSR count). The fraction of sp³-hybridized carbons (Fsp3) is 0.714. The van der Waals surface area contributed by atoms with E-state index >= 15 is 0 Å². The molecule has 1 saturated heterocycles. The summed E-state index contributed by atoms with van der Waals surface area (Å²) in [6.45, 7) is 5.54. The first kappa shape index (κ1) is 13.1. The van der Waals surface area contributed by atoms with Crippen LogP contribution in [0.5, 0.6) is 0 Å². The van der Waals surface area contributed by atoms with Crippen molar-refractivity contribution >= 4 is 11.3 Å². The number of thiophene rings is 1. The van der Waals surface area contributed by atoms with E-state index in [4.69, 9.17) is 5.73 Å². The van der Waals surface area contributed by atoms with Crippen molar-refractivity contribution in [2.45, 2.75) is 38.6 Å². The van der Waals surface area contributed by atoms with Crippen LogP contribution in [0.3, 0.4) is 0 Å². The lowest BCUT2D eigenvalue weighted by Crippen LogP contribution is -2.36. The van der Waals surface area contributed by atoms with Crippen LogP contribution in [-0.2, 0) is 0 Å². The normalized spacial score (nSPS) is 26.9. The van der Waals surface area contributed by atoms with Crippen molar-refractivity contribution in [1.82, 2.24) is 4.90 Å². The molecule has 96 valence electrons. The Morgan fingerprint density at radius 2 is 2.35 bits per heavy atom. The molecule has 0 radical (unpaired) electrons. The summed E-state index contributed by atoms with van der Waals surface area (Å²) in [5.74, 6) is 0.638. The maximum Gasteiger partial charge on any atom is 0.0396 e. The van der Waals surface area contributed by atoms with Gasteiger partial charge in [0.25, 0.3) is 0 Å². The smallest absolute Gasteiger partial charge is 0.0396 e. The van der Waals surface area contributed by atoms with Crippen LogP contribution in [-0.4, -0.2) is 24.5 Å². The summed E-state index contributed by atoms with van der Waals surface area (Å²) in [6, 6.07) is 2.85. The molecule has 1 aliphatic heterocycles. The highest BCUT2D eigenvalue weighted by molar-refractivity contribution is 7.07. The molecular weight excluding hydrogens is 228 g/mol. The van der Waals surface area contributed by atoms with E-state index < -0.39 is 0 Å².